The van der Waals surface area contributed by atoms with Crippen molar-refractivity contribution >= 4 is 0 Å². The standard InChI is InChI=1S/C5H9F2N.C3H9N/c6-5(7)2-1-3-8-4-5;1-4(2)3/h8H,1-4H2;1-3H3. The normalized spacial score (nSPS) is 21.5. The van der Waals surface area contributed by atoms with E-state index in [9.17, 15) is 8.78 Å². The molecule has 1 saturated heterocycles. The van der Waals surface area contributed by atoms with Crippen LogP contribution in [0.5, 0.6) is 0 Å². The van der Waals surface area contributed by atoms with E-state index in [-0.39, 0.29) is 13.0 Å². The van der Waals surface area contributed by atoms with E-state index in [0.717, 1.165) is 6.54 Å². The van der Waals surface area contributed by atoms with Gasteiger partial charge in [0.25, 0.3) is 5.92 Å². The van der Waals surface area contributed by atoms with Gasteiger partial charge >= 0.3 is 0 Å². The van der Waals surface area contributed by atoms with Gasteiger partial charge in [0, 0.05) is 6.42 Å². The van der Waals surface area contributed by atoms with E-state index in [1.807, 2.05) is 26.0 Å². The number of nitrogens with zero attached hydrogens (tertiary/aromatic N) is 1. The molecule has 1 aliphatic heterocycles. The molecule has 0 aromatic rings. The van der Waals surface area contributed by atoms with Gasteiger partial charge in [0.2, 0.25) is 0 Å². The molecule has 0 radical (unpaired) electrons. The number of nitrogens with one attached hydrogen (secondary N) is 1. The molecule has 0 spiro atoms. The van der Waals surface area contributed by atoms with Gasteiger partial charge in [-0.15, -0.1) is 0 Å². The minimum absolute atomic E-state index is 0.0556. The molecule has 4 heteroatoms. The fourth-order valence-corrected chi connectivity index (χ4v) is 0.832. The summed E-state index contributed by atoms with van der Waals surface area (Å²) >= 11 is 0. The molecule has 0 aliphatic carbocycles. The summed E-state index contributed by atoms with van der Waals surface area (Å²) in [7, 11) is 6.00. The fraction of sp³-hybridized carbons (Fsp3) is 1.00. The minimum Gasteiger partial charge on any atom is -0.312 e. The third-order valence-electron chi connectivity index (χ3n) is 1.28. The molecule has 0 saturated carbocycles. The Morgan fingerprint density at radius 3 is 1.92 bits per heavy atom. The Morgan fingerprint density at radius 2 is 1.75 bits per heavy atom. The average molecular weight is 180 g/mol. The van der Waals surface area contributed by atoms with Crippen LogP contribution >= 0.6 is 0 Å². The summed E-state index contributed by atoms with van der Waals surface area (Å²) < 4.78 is 24.3. The summed E-state index contributed by atoms with van der Waals surface area (Å²) in [5, 5.41) is 2.62. The lowest BCUT2D eigenvalue weighted by Gasteiger charge is -2.21. The van der Waals surface area contributed by atoms with Gasteiger partial charge in [0.05, 0.1) is 6.54 Å². The molecule has 12 heavy (non-hydrogen) atoms. The molecule has 0 atom stereocenters. The van der Waals surface area contributed by atoms with Gasteiger partial charge in [0.1, 0.15) is 0 Å². The van der Waals surface area contributed by atoms with Crippen LogP contribution in [-0.4, -0.2) is 45.1 Å². The number of piperidine rings is 1. The third-order valence-corrected chi connectivity index (χ3v) is 1.28. The van der Waals surface area contributed by atoms with Crippen LogP contribution in [-0.2, 0) is 0 Å². The monoisotopic (exact) mass is 180 g/mol. The predicted molar refractivity (Wildman–Crippen MR) is 46.7 cm³/mol. The van der Waals surface area contributed by atoms with Crippen LogP contribution in [0.1, 0.15) is 12.8 Å². The van der Waals surface area contributed by atoms with Gasteiger partial charge in [-0.1, -0.05) is 0 Å². The molecule has 1 N–H and O–H groups in total. The quantitative estimate of drug-likeness (QED) is 0.602. The summed E-state index contributed by atoms with van der Waals surface area (Å²) in [5.41, 5.74) is 0. The van der Waals surface area contributed by atoms with E-state index in [4.69, 9.17) is 0 Å². The van der Waals surface area contributed by atoms with Crippen molar-refractivity contribution in [2.24, 2.45) is 0 Å². The highest BCUT2D eigenvalue weighted by Crippen LogP contribution is 2.21. The van der Waals surface area contributed by atoms with Gasteiger partial charge < -0.3 is 10.2 Å². The second-order valence-electron chi connectivity index (χ2n) is 3.48. The van der Waals surface area contributed by atoms with Crippen molar-refractivity contribution in [1.82, 2.24) is 10.2 Å². The first-order valence-electron chi connectivity index (χ1n) is 4.13. The van der Waals surface area contributed by atoms with E-state index >= 15 is 0 Å². The third kappa shape index (κ3) is 7.88. The molecule has 1 heterocycles. The van der Waals surface area contributed by atoms with Gasteiger partial charge in [-0.3, -0.25) is 0 Å². The van der Waals surface area contributed by atoms with Gasteiger partial charge in [-0.25, -0.2) is 8.78 Å². The predicted octanol–water partition coefficient (Wildman–Crippen LogP) is 1.18. The first-order chi connectivity index (χ1) is 5.44. The average Bonchev–Trinajstić information content (AvgIpc) is 1.85. The summed E-state index contributed by atoms with van der Waals surface area (Å²) in [4.78, 5) is 2.00. The fourth-order valence-electron chi connectivity index (χ4n) is 0.832. The largest absolute Gasteiger partial charge is 0.312 e. The lowest BCUT2D eigenvalue weighted by molar-refractivity contribution is -0.0208. The number of alkyl halides is 2. The smallest absolute Gasteiger partial charge is 0.260 e. The molecule has 74 valence electrons. The van der Waals surface area contributed by atoms with Crippen molar-refractivity contribution in [3.8, 4) is 0 Å². The molecule has 0 aromatic heterocycles. The van der Waals surface area contributed by atoms with Crippen LogP contribution in [0.2, 0.25) is 0 Å². The zero-order valence-corrected chi connectivity index (χ0v) is 8.03. The maximum absolute atomic E-state index is 12.1. The second kappa shape index (κ2) is 5.43. The minimum atomic E-state index is -2.43. The highest BCUT2D eigenvalue weighted by atomic mass is 19.3. The Labute approximate surface area is 72.9 Å². The first kappa shape index (κ1) is 11.8. The zero-order chi connectivity index (χ0) is 9.61. The van der Waals surface area contributed by atoms with E-state index in [2.05, 4.69) is 5.32 Å². The Hall–Kier alpha value is -0.220. The lowest BCUT2D eigenvalue weighted by Crippen LogP contribution is -2.38. The second-order valence-corrected chi connectivity index (χ2v) is 3.48. The summed E-state index contributed by atoms with van der Waals surface area (Å²) in [6, 6.07) is 0. The number of hydrogen-bond acceptors (Lipinski definition) is 2. The van der Waals surface area contributed by atoms with Crippen LogP contribution in [0.4, 0.5) is 8.78 Å². The molecule has 1 rings (SSSR count). The van der Waals surface area contributed by atoms with E-state index in [0.29, 0.717) is 6.42 Å². The number of halogens is 2. The molecule has 0 unspecified atom stereocenters. The molecule has 1 aliphatic rings. The maximum Gasteiger partial charge on any atom is 0.260 e. The summed E-state index contributed by atoms with van der Waals surface area (Å²) in [6.45, 7) is 0.614. The summed E-state index contributed by atoms with van der Waals surface area (Å²) in [6.07, 6.45) is 0.660. The van der Waals surface area contributed by atoms with Crippen molar-refractivity contribution in [2.75, 3.05) is 34.2 Å². The van der Waals surface area contributed by atoms with Gasteiger partial charge in [-0.05, 0) is 34.1 Å². The topological polar surface area (TPSA) is 15.3 Å². The highest BCUT2D eigenvalue weighted by molar-refractivity contribution is 4.74. The Morgan fingerprint density at radius 1 is 1.25 bits per heavy atom. The highest BCUT2D eigenvalue weighted by Gasteiger charge is 2.30. The summed E-state index contributed by atoms with van der Waals surface area (Å²) in [5.74, 6) is -2.43. The molecule has 0 aromatic carbocycles. The van der Waals surface area contributed by atoms with Crippen molar-refractivity contribution in [3.63, 3.8) is 0 Å². The Bertz CT molecular complexity index is 105. The SMILES string of the molecule is CN(C)C.FC1(F)CCCNC1. The Kier molecular flexibility index (Phi) is 5.33. The molecular formula is C8H18F2N2. The lowest BCUT2D eigenvalue weighted by atomic mass is 10.1. The van der Waals surface area contributed by atoms with Crippen LogP contribution in [0, 0.1) is 0 Å². The van der Waals surface area contributed by atoms with Gasteiger partial charge in [0.15, 0.2) is 0 Å². The molecule has 0 bridgehead atoms. The van der Waals surface area contributed by atoms with Crippen molar-refractivity contribution in [1.29, 1.82) is 0 Å². The van der Waals surface area contributed by atoms with E-state index in [1.165, 1.54) is 0 Å². The Balaban J connectivity index is 0.000000261. The number of rotatable bonds is 0. The van der Waals surface area contributed by atoms with E-state index < -0.39 is 5.92 Å². The van der Waals surface area contributed by atoms with Crippen molar-refractivity contribution in [2.45, 2.75) is 18.8 Å². The van der Waals surface area contributed by atoms with E-state index in [1.54, 1.807) is 0 Å². The van der Waals surface area contributed by atoms with Crippen LogP contribution < -0.4 is 5.32 Å². The van der Waals surface area contributed by atoms with Crippen LogP contribution in [0.25, 0.3) is 0 Å². The molecule has 2 nitrogen and oxygen atoms in total. The van der Waals surface area contributed by atoms with Crippen LogP contribution in [0.15, 0.2) is 0 Å². The molecule has 1 fully saturated rings. The molecule has 0 amide bonds. The van der Waals surface area contributed by atoms with Crippen molar-refractivity contribution in [3.05, 3.63) is 0 Å². The zero-order valence-electron chi connectivity index (χ0n) is 8.03. The van der Waals surface area contributed by atoms with Crippen LogP contribution in [0.3, 0.4) is 0 Å². The first-order valence-corrected chi connectivity index (χ1v) is 4.13. The van der Waals surface area contributed by atoms with Gasteiger partial charge in [-0.2, -0.15) is 0 Å². The molecular weight excluding hydrogens is 162 g/mol. The maximum atomic E-state index is 12.1. The number of hydrogen-bond donors (Lipinski definition) is 1. The van der Waals surface area contributed by atoms with Crippen molar-refractivity contribution < 1.29 is 8.78 Å².